The Labute approximate surface area is 160 Å². The van der Waals surface area contributed by atoms with Crippen molar-refractivity contribution in [3.8, 4) is 0 Å². The molecule has 0 aliphatic carbocycles. The largest absolute Gasteiger partial charge is 1.00 e. The molecular weight excluding hydrogens is 305 g/mol. The van der Waals surface area contributed by atoms with Gasteiger partial charge in [-0.2, -0.15) is 18.6 Å². The molecule has 0 atom stereocenters. The van der Waals surface area contributed by atoms with Crippen molar-refractivity contribution in [1.29, 1.82) is 0 Å². The number of hydrogen-bond acceptors (Lipinski definition) is 5. The second-order valence-electron chi connectivity index (χ2n) is 3.76. The molecule has 0 bridgehead atoms. The molecular formula is C12H12KN3O3S. The molecule has 0 spiro atoms. The van der Waals surface area contributed by atoms with Crippen molar-refractivity contribution in [2.45, 2.75) is 4.90 Å². The van der Waals surface area contributed by atoms with Gasteiger partial charge in [-0.1, -0.05) is 0 Å². The zero-order valence-corrected chi connectivity index (χ0v) is 14.7. The maximum absolute atomic E-state index is 10.8. The molecule has 0 amide bonds. The molecule has 0 aromatic heterocycles. The Morgan fingerprint density at radius 3 is 1.70 bits per heavy atom. The fourth-order valence-corrected chi connectivity index (χ4v) is 1.82. The van der Waals surface area contributed by atoms with Crippen molar-refractivity contribution >= 4 is 27.2 Å². The van der Waals surface area contributed by atoms with Crippen molar-refractivity contribution in [1.82, 2.24) is 0 Å². The number of azo groups is 1. The first-order chi connectivity index (χ1) is 8.95. The maximum atomic E-state index is 10.8. The SMILES string of the molecule is Nc1ccc(N=Nc2ccc(S(=O)(=O)O)cc2)cc1.[H-].[K+]. The molecule has 0 saturated heterocycles. The van der Waals surface area contributed by atoms with Gasteiger partial charge in [-0.05, 0) is 48.5 Å². The Balaban J connectivity index is 0.00000200. The van der Waals surface area contributed by atoms with Gasteiger partial charge in [0.15, 0.2) is 0 Å². The third kappa shape index (κ3) is 5.06. The second kappa shape index (κ2) is 7.41. The summed E-state index contributed by atoms with van der Waals surface area (Å²) in [5.74, 6) is 0. The third-order valence-electron chi connectivity index (χ3n) is 2.31. The number of hydrogen-bond donors (Lipinski definition) is 2. The normalized spacial score (nSPS) is 11.2. The van der Waals surface area contributed by atoms with Crippen molar-refractivity contribution in [3.63, 3.8) is 0 Å². The minimum Gasteiger partial charge on any atom is -1.00 e. The van der Waals surface area contributed by atoms with E-state index in [1.807, 2.05) is 0 Å². The molecule has 6 nitrogen and oxygen atoms in total. The van der Waals surface area contributed by atoms with E-state index in [0.29, 0.717) is 17.1 Å². The summed E-state index contributed by atoms with van der Waals surface area (Å²) in [4.78, 5) is -0.182. The van der Waals surface area contributed by atoms with Gasteiger partial charge in [0, 0.05) is 5.69 Å². The van der Waals surface area contributed by atoms with Crippen molar-refractivity contribution in [2.24, 2.45) is 10.2 Å². The quantitative estimate of drug-likeness (QED) is 0.361. The fraction of sp³-hybridized carbons (Fsp3) is 0. The van der Waals surface area contributed by atoms with E-state index in [4.69, 9.17) is 10.3 Å². The summed E-state index contributed by atoms with van der Waals surface area (Å²) >= 11 is 0. The Kier molecular flexibility index (Phi) is 6.46. The first-order valence-corrected chi connectivity index (χ1v) is 6.74. The van der Waals surface area contributed by atoms with Crippen LogP contribution in [0.15, 0.2) is 63.7 Å². The van der Waals surface area contributed by atoms with E-state index >= 15 is 0 Å². The van der Waals surface area contributed by atoms with Crippen LogP contribution in [0.5, 0.6) is 0 Å². The summed E-state index contributed by atoms with van der Waals surface area (Å²) in [6, 6.07) is 12.2. The topological polar surface area (TPSA) is 105 Å². The zero-order valence-electron chi connectivity index (χ0n) is 11.8. The van der Waals surface area contributed by atoms with E-state index in [0.717, 1.165) is 0 Å². The number of anilines is 1. The van der Waals surface area contributed by atoms with Gasteiger partial charge in [0.25, 0.3) is 10.1 Å². The number of nitrogens with zero attached hydrogens (tertiary/aromatic N) is 2. The zero-order chi connectivity index (χ0) is 13.9. The Morgan fingerprint density at radius 1 is 0.900 bits per heavy atom. The molecule has 0 radical (unpaired) electrons. The monoisotopic (exact) mass is 317 g/mol. The number of benzene rings is 2. The summed E-state index contributed by atoms with van der Waals surface area (Å²) in [6.45, 7) is 0. The van der Waals surface area contributed by atoms with Crippen LogP contribution in [-0.4, -0.2) is 13.0 Å². The average Bonchev–Trinajstić information content (AvgIpc) is 2.37. The third-order valence-corrected chi connectivity index (χ3v) is 3.18. The van der Waals surface area contributed by atoms with Crippen molar-refractivity contribution < 1.29 is 65.8 Å². The van der Waals surface area contributed by atoms with Crippen LogP contribution < -0.4 is 57.1 Å². The number of rotatable bonds is 3. The molecule has 0 heterocycles. The molecule has 0 aliphatic heterocycles. The van der Waals surface area contributed by atoms with Crippen LogP contribution in [0.1, 0.15) is 1.43 Å². The number of nitrogen functional groups attached to an aromatic ring is 1. The fourth-order valence-electron chi connectivity index (χ4n) is 1.34. The van der Waals surface area contributed by atoms with Gasteiger partial charge < -0.3 is 7.16 Å². The van der Waals surface area contributed by atoms with Gasteiger partial charge in [0.2, 0.25) is 0 Å². The second-order valence-corrected chi connectivity index (χ2v) is 5.18. The summed E-state index contributed by atoms with van der Waals surface area (Å²) in [5.41, 5.74) is 7.28. The van der Waals surface area contributed by atoms with Crippen LogP contribution in [-0.2, 0) is 10.1 Å². The first kappa shape index (κ1) is 17.4. The molecule has 2 rings (SSSR count). The van der Waals surface area contributed by atoms with E-state index in [9.17, 15) is 8.42 Å². The van der Waals surface area contributed by atoms with Gasteiger partial charge in [-0.15, -0.1) is 0 Å². The van der Waals surface area contributed by atoms with Crippen LogP contribution in [0.3, 0.4) is 0 Å². The maximum Gasteiger partial charge on any atom is 1.00 e. The van der Waals surface area contributed by atoms with Gasteiger partial charge in [0.05, 0.1) is 16.3 Å². The first-order valence-electron chi connectivity index (χ1n) is 5.30. The van der Waals surface area contributed by atoms with Crippen LogP contribution in [0, 0.1) is 0 Å². The van der Waals surface area contributed by atoms with E-state index in [2.05, 4.69) is 10.2 Å². The Bertz CT molecular complexity index is 704. The van der Waals surface area contributed by atoms with Crippen LogP contribution >= 0.6 is 0 Å². The molecule has 0 aliphatic rings. The molecule has 0 unspecified atom stereocenters. The standard InChI is InChI=1S/C12H11N3O3S.K.H/c13-9-1-3-10(4-2-9)14-15-11-5-7-12(8-6-11)19(16,17)18;;/h1-8H,13H2,(H,16,17,18);;/q;+1;-1. The molecule has 20 heavy (non-hydrogen) atoms. The van der Waals surface area contributed by atoms with E-state index in [1.165, 1.54) is 24.3 Å². The summed E-state index contributed by atoms with van der Waals surface area (Å²) < 4.78 is 30.5. The van der Waals surface area contributed by atoms with Crippen LogP contribution in [0.2, 0.25) is 0 Å². The van der Waals surface area contributed by atoms with Gasteiger partial charge in [0.1, 0.15) is 0 Å². The minimum atomic E-state index is -4.18. The average molecular weight is 317 g/mol. The van der Waals surface area contributed by atoms with E-state index in [1.54, 1.807) is 24.3 Å². The predicted octanol–water partition coefficient (Wildman–Crippen LogP) is 0.0474. The van der Waals surface area contributed by atoms with Crippen LogP contribution in [0.4, 0.5) is 17.1 Å². The van der Waals surface area contributed by atoms with E-state index < -0.39 is 10.1 Å². The van der Waals surface area contributed by atoms with Crippen molar-refractivity contribution in [3.05, 3.63) is 48.5 Å². The molecule has 100 valence electrons. The number of nitrogens with two attached hydrogens (primary N) is 1. The molecule has 8 heteroatoms. The van der Waals surface area contributed by atoms with E-state index in [-0.39, 0.29) is 57.7 Å². The smallest absolute Gasteiger partial charge is 1.00 e. The summed E-state index contributed by atoms with van der Waals surface area (Å²) in [7, 11) is -4.18. The molecule has 0 saturated carbocycles. The minimum absolute atomic E-state index is 0. The molecule has 2 aromatic carbocycles. The predicted molar refractivity (Wildman–Crippen MR) is 72.4 cm³/mol. The Hall–Kier alpha value is -0.614. The molecule has 3 N–H and O–H groups in total. The van der Waals surface area contributed by atoms with Crippen molar-refractivity contribution in [2.75, 3.05) is 5.73 Å². The molecule has 0 fully saturated rings. The summed E-state index contributed by atoms with van der Waals surface area (Å²) in [6.07, 6.45) is 0. The van der Waals surface area contributed by atoms with Crippen LogP contribution in [0.25, 0.3) is 0 Å². The van der Waals surface area contributed by atoms with Gasteiger partial charge in [-0.3, -0.25) is 4.55 Å². The Morgan fingerprint density at radius 2 is 1.30 bits per heavy atom. The molecule has 2 aromatic rings. The summed E-state index contributed by atoms with van der Waals surface area (Å²) in [5, 5.41) is 7.90. The van der Waals surface area contributed by atoms with Gasteiger partial charge in [-0.25, -0.2) is 0 Å². The van der Waals surface area contributed by atoms with Gasteiger partial charge >= 0.3 is 51.4 Å².